The number of rotatable bonds is 3. The summed E-state index contributed by atoms with van der Waals surface area (Å²) in [5.41, 5.74) is 3.44. The van der Waals surface area contributed by atoms with Gasteiger partial charge in [-0.25, -0.2) is 0 Å². The smallest absolute Gasteiger partial charge is 0.0688 e. The molecule has 0 saturated heterocycles. The first-order valence-corrected chi connectivity index (χ1v) is 6.10. The first kappa shape index (κ1) is 11.1. The second-order valence-corrected chi connectivity index (χ2v) is 4.44. The van der Waals surface area contributed by atoms with E-state index >= 15 is 0 Å². The molecule has 2 aromatic carbocycles. The van der Waals surface area contributed by atoms with E-state index in [4.69, 9.17) is 0 Å². The van der Waals surface area contributed by atoms with Crippen molar-refractivity contribution in [1.29, 1.82) is 0 Å². The molecular weight excluding hydrogens is 222 g/mol. The minimum atomic E-state index is 0.0900. The molecule has 0 saturated carbocycles. The van der Waals surface area contributed by atoms with Crippen molar-refractivity contribution in [3.63, 3.8) is 0 Å². The van der Waals surface area contributed by atoms with E-state index in [1.54, 1.807) is 0 Å². The quantitative estimate of drug-likeness (QED) is 0.743. The fourth-order valence-electron chi connectivity index (χ4n) is 2.34. The van der Waals surface area contributed by atoms with Crippen LogP contribution in [-0.2, 0) is 13.2 Å². The molecule has 0 amide bonds. The molecule has 1 N–H and O–H groups in total. The molecule has 0 fully saturated rings. The standard InChI is InChI=1S/C16H15NO/c18-12-14-7-4-8-16-15(14)9-10-17(16)11-13-5-2-1-3-6-13/h1-10,18H,11-12H2. The summed E-state index contributed by atoms with van der Waals surface area (Å²) in [6, 6.07) is 18.5. The molecule has 90 valence electrons. The summed E-state index contributed by atoms with van der Waals surface area (Å²) in [6.45, 7) is 0.950. The number of hydrogen-bond donors (Lipinski definition) is 1. The van der Waals surface area contributed by atoms with Gasteiger partial charge >= 0.3 is 0 Å². The van der Waals surface area contributed by atoms with E-state index in [0.717, 1.165) is 17.5 Å². The fraction of sp³-hybridized carbons (Fsp3) is 0.125. The minimum absolute atomic E-state index is 0.0900. The van der Waals surface area contributed by atoms with Gasteiger partial charge in [0, 0.05) is 23.6 Å². The third-order valence-corrected chi connectivity index (χ3v) is 3.27. The zero-order valence-corrected chi connectivity index (χ0v) is 10.1. The zero-order valence-electron chi connectivity index (χ0n) is 10.1. The lowest BCUT2D eigenvalue weighted by atomic mass is 10.1. The van der Waals surface area contributed by atoms with E-state index in [1.807, 2.05) is 18.2 Å². The molecule has 0 bridgehead atoms. The van der Waals surface area contributed by atoms with Gasteiger partial charge in [-0.3, -0.25) is 0 Å². The van der Waals surface area contributed by atoms with Crippen LogP contribution in [0.1, 0.15) is 11.1 Å². The highest BCUT2D eigenvalue weighted by atomic mass is 16.3. The Morgan fingerprint density at radius 3 is 2.50 bits per heavy atom. The van der Waals surface area contributed by atoms with Crippen LogP contribution in [0.2, 0.25) is 0 Å². The maximum absolute atomic E-state index is 9.33. The van der Waals surface area contributed by atoms with Crippen molar-refractivity contribution in [2.24, 2.45) is 0 Å². The normalized spacial score (nSPS) is 10.9. The summed E-state index contributed by atoms with van der Waals surface area (Å²) >= 11 is 0. The highest BCUT2D eigenvalue weighted by Crippen LogP contribution is 2.21. The second kappa shape index (κ2) is 4.67. The van der Waals surface area contributed by atoms with Crippen molar-refractivity contribution in [2.75, 3.05) is 0 Å². The lowest BCUT2D eigenvalue weighted by Gasteiger charge is -2.06. The number of aliphatic hydroxyl groups excluding tert-OH is 1. The van der Waals surface area contributed by atoms with Gasteiger partial charge in [-0.15, -0.1) is 0 Å². The number of hydrogen-bond acceptors (Lipinski definition) is 1. The number of benzene rings is 2. The number of fused-ring (bicyclic) bond motifs is 1. The maximum Gasteiger partial charge on any atom is 0.0688 e. The number of aliphatic hydroxyl groups is 1. The molecule has 2 heteroatoms. The lowest BCUT2D eigenvalue weighted by molar-refractivity contribution is 0.283. The van der Waals surface area contributed by atoms with E-state index < -0.39 is 0 Å². The van der Waals surface area contributed by atoms with Gasteiger partial charge in [0.15, 0.2) is 0 Å². The zero-order chi connectivity index (χ0) is 12.4. The molecule has 0 radical (unpaired) electrons. The van der Waals surface area contributed by atoms with Crippen LogP contribution in [0, 0.1) is 0 Å². The average Bonchev–Trinajstić information content (AvgIpc) is 2.83. The van der Waals surface area contributed by atoms with Crippen molar-refractivity contribution < 1.29 is 5.11 Å². The summed E-state index contributed by atoms with van der Waals surface area (Å²) in [5, 5.41) is 10.5. The molecule has 0 spiro atoms. The van der Waals surface area contributed by atoms with Gasteiger partial charge < -0.3 is 9.67 Å². The van der Waals surface area contributed by atoms with Crippen molar-refractivity contribution in [1.82, 2.24) is 4.57 Å². The maximum atomic E-state index is 9.33. The lowest BCUT2D eigenvalue weighted by Crippen LogP contribution is -1.97. The Morgan fingerprint density at radius 2 is 1.72 bits per heavy atom. The van der Waals surface area contributed by atoms with Crippen LogP contribution in [0.5, 0.6) is 0 Å². The monoisotopic (exact) mass is 237 g/mol. The predicted molar refractivity (Wildman–Crippen MR) is 73.4 cm³/mol. The van der Waals surface area contributed by atoms with Crippen LogP contribution in [-0.4, -0.2) is 9.67 Å². The van der Waals surface area contributed by atoms with Gasteiger partial charge in [0.1, 0.15) is 0 Å². The molecule has 0 aliphatic rings. The van der Waals surface area contributed by atoms with Gasteiger partial charge in [-0.05, 0) is 23.3 Å². The highest BCUT2D eigenvalue weighted by molar-refractivity contribution is 5.83. The SMILES string of the molecule is OCc1cccc2c1ccn2Cc1ccccc1. The van der Waals surface area contributed by atoms with Crippen LogP contribution in [0.25, 0.3) is 10.9 Å². The summed E-state index contributed by atoms with van der Waals surface area (Å²) in [6.07, 6.45) is 2.08. The third kappa shape index (κ3) is 1.91. The first-order chi connectivity index (χ1) is 8.88. The van der Waals surface area contributed by atoms with Gasteiger partial charge in [0.25, 0.3) is 0 Å². The Hall–Kier alpha value is -2.06. The minimum Gasteiger partial charge on any atom is -0.392 e. The topological polar surface area (TPSA) is 25.2 Å². The molecule has 3 rings (SSSR count). The van der Waals surface area contributed by atoms with Crippen LogP contribution in [0.15, 0.2) is 60.8 Å². The average molecular weight is 237 g/mol. The predicted octanol–water partition coefficient (Wildman–Crippen LogP) is 3.18. The third-order valence-electron chi connectivity index (χ3n) is 3.27. The molecule has 0 atom stereocenters. The van der Waals surface area contributed by atoms with Gasteiger partial charge in [-0.2, -0.15) is 0 Å². The van der Waals surface area contributed by atoms with Gasteiger partial charge in [0.2, 0.25) is 0 Å². The van der Waals surface area contributed by atoms with Crippen LogP contribution < -0.4 is 0 Å². The number of aromatic nitrogens is 1. The van der Waals surface area contributed by atoms with Crippen molar-refractivity contribution in [2.45, 2.75) is 13.2 Å². The molecular formula is C16H15NO. The molecule has 0 unspecified atom stereocenters. The molecule has 1 heterocycles. The summed E-state index contributed by atoms with van der Waals surface area (Å²) in [5.74, 6) is 0. The Labute approximate surface area is 106 Å². The van der Waals surface area contributed by atoms with E-state index in [9.17, 15) is 5.11 Å². The van der Waals surface area contributed by atoms with Gasteiger partial charge in [-0.1, -0.05) is 42.5 Å². The highest BCUT2D eigenvalue weighted by Gasteiger charge is 2.04. The molecule has 0 aliphatic heterocycles. The van der Waals surface area contributed by atoms with Crippen molar-refractivity contribution >= 4 is 10.9 Å². The Bertz CT molecular complexity index is 655. The first-order valence-electron chi connectivity index (χ1n) is 6.10. The van der Waals surface area contributed by atoms with Gasteiger partial charge in [0.05, 0.1) is 6.61 Å². The Morgan fingerprint density at radius 1 is 0.889 bits per heavy atom. The van der Waals surface area contributed by atoms with E-state index in [2.05, 4.69) is 47.2 Å². The van der Waals surface area contributed by atoms with Crippen LogP contribution in [0.4, 0.5) is 0 Å². The summed E-state index contributed by atoms with van der Waals surface area (Å²) < 4.78 is 2.21. The van der Waals surface area contributed by atoms with Crippen molar-refractivity contribution in [3.05, 3.63) is 71.9 Å². The Kier molecular flexibility index (Phi) is 2.87. The second-order valence-electron chi connectivity index (χ2n) is 4.44. The summed E-state index contributed by atoms with van der Waals surface area (Å²) in [4.78, 5) is 0. The Balaban J connectivity index is 2.03. The largest absolute Gasteiger partial charge is 0.392 e. The number of nitrogens with zero attached hydrogens (tertiary/aromatic N) is 1. The summed E-state index contributed by atoms with van der Waals surface area (Å²) in [7, 11) is 0. The fourth-order valence-corrected chi connectivity index (χ4v) is 2.34. The molecule has 1 aromatic heterocycles. The molecule has 3 aromatic rings. The van der Waals surface area contributed by atoms with Crippen LogP contribution >= 0.6 is 0 Å². The van der Waals surface area contributed by atoms with E-state index in [1.165, 1.54) is 11.1 Å². The van der Waals surface area contributed by atoms with Crippen LogP contribution in [0.3, 0.4) is 0 Å². The molecule has 0 aliphatic carbocycles. The molecule has 2 nitrogen and oxygen atoms in total. The van der Waals surface area contributed by atoms with E-state index in [0.29, 0.717) is 0 Å². The molecule has 18 heavy (non-hydrogen) atoms. The van der Waals surface area contributed by atoms with E-state index in [-0.39, 0.29) is 6.61 Å². The van der Waals surface area contributed by atoms with Crippen molar-refractivity contribution in [3.8, 4) is 0 Å².